The summed E-state index contributed by atoms with van der Waals surface area (Å²) in [5.41, 5.74) is 2.70. The first-order valence-corrected chi connectivity index (χ1v) is 7.76. The molecule has 3 rings (SSSR count). The van der Waals surface area contributed by atoms with Crippen LogP contribution in [0.1, 0.15) is 41.6 Å². The minimum Gasteiger partial charge on any atom is -0.465 e. The number of piperidine rings is 1. The van der Waals surface area contributed by atoms with Gasteiger partial charge in [-0.3, -0.25) is 0 Å². The minimum absolute atomic E-state index is 0.264. The number of nitrogens with one attached hydrogen (secondary N) is 1. The molecule has 2 heterocycles. The standard InChI is InChI=1S/C17H24N2O2/c1-11-15(17(20)21-3)5-4-6-16(11)18-12-9-13-7-8-14(10-12)19(13)2/h4-6,12-14,18H,7-10H2,1-3H3. The summed E-state index contributed by atoms with van der Waals surface area (Å²) in [5.74, 6) is -0.264. The van der Waals surface area contributed by atoms with Crippen molar-refractivity contribution in [2.45, 2.75) is 50.7 Å². The lowest BCUT2D eigenvalue weighted by molar-refractivity contribution is 0.0600. The van der Waals surface area contributed by atoms with E-state index in [4.69, 9.17) is 4.74 Å². The van der Waals surface area contributed by atoms with Gasteiger partial charge in [0, 0.05) is 23.8 Å². The van der Waals surface area contributed by atoms with Crippen LogP contribution in [0.25, 0.3) is 0 Å². The van der Waals surface area contributed by atoms with Crippen LogP contribution in [0.5, 0.6) is 0 Å². The zero-order valence-corrected chi connectivity index (χ0v) is 13.1. The van der Waals surface area contributed by atoms with Gasteiger partial charge in [-0.15, -0.1) is 0 Å². The van der Waals surface area contributed by atoms with Crippen molar-refractivity contribution in [3.05, 3.63) is 29.3 Å². The molecule has 0 aliphatic carbocycles. The molecule has 1 aromatic carbocycles. The third-order valence-corrected chi connectivity index (χ3v) is 5.20. The molecule has 21 heavy (non-hydrogen) atoms. The third kappa shape index (κ3) is 2.64. The molecule has 2 bridgehead atoms. The van der Waals surface area contributed by atoms with Gasteiger partial charge in [0.1, 0.15) is 0 Å². The first-order valence-electron chi connectivity index (χ1n) is 7.76. The van der Waals surface area contributed by atoms with Gasteiger partial charge >= 0.3 is 5.97 Å². The van der Waals surface area contributed by atoms with Gasteiger partial charge in [-0.2, -0.15) is 0 Å². The smallest absolute Gasteiger partial charge is 0.338 e. The van der Waals surface area contributed by atoms with E-state index in [-0.39, 0.29) is 5.97 Å². The van der Waals surface area contributed by atoms with Crippen LogP contribution in [-0.2, 0) is 4.74 Å². The number of fused-ring (bicyclic) bond motifs is 2. The Morgan fingerprint density at radius 1 is 1.29 bits per heavy atom. The van der Waals surface area contributed by atoms with E-state index < -0.39 is 0 Å². The largest absolute Gasteiger partial charge is 0.465 e. The fourth-order valence-corrected chi connectivity index (χ4v) is 3.87. The number of benzene rings is 1. The minimum atomic E-state index is -0.264. The van der Waals surface area contributed by atoms with Crippen molar-refractivity contribution < 1.29 is 9.53 Å². The van der Waals surface area contributed by atoms with Gasteiger partial charge in [0.2, 0.25) is 0 Å². The topological polar surface area (TPSA) is 41.6 Å². The van der Waals surface area contributed by atoms with E-state index in [0.29, 0.717) is 23.7 Å². The number of hydrogen-bond donors (Lipinski definition) is 1. The molecule has 2 aliphatic heterocycles. The van der Waals surface area contributed by atoms with E-state index in [0.717, 1.165) is 11.3 Å². The molecule has 0 spiro atoms. The number of carbonyl (C=O) groups excluding carboxylic acids is 1. The number of rotatable bonds is 3. The van der Waals surface area contributed by atoms with Crippen LogP contribution in [0.3, 0.4) is 0 Å². The second kappa shape index (κ2) is 5.68. The Morgan fingerprint density at radius 2 is 1.95 bits per heavy atom. The Kier molecular flexibility index (Phi) is 3.89. The Balaban J connectivity index is 1.75. The van der Waals surface area contributed by atoms with Crippen LogP contribution in [0.2, 0.25) is 0 Å². The molecule has 2 aliphatic rings. The predicted molar refractivity (Wildman–Crippen MR) is 83.7 cm³/mol. The summed E-state index contributed by atoms with van der Waals surface area (Å²) < 4.78 is 4.85. The molecule has 2 atom stereocenters. The molecule has 0 saturated carbocycles. The summed E-state index contributed by atoms with van der Waals surface area (Å²) in [6.45, 7) is 1.98. The van der Waals surface area contributed by atoms with Gasteiger partial charge in [0.05, 0.1) is 12.7 Å². The van der Waals surface area contributed by atoms with Crippen LogP contribution in [0.4, 0.5) is 5.69 Å². The van der Waals surface area contributed by atoms with Crippen molar-refractivity contribution in [1.82, 2.24) is 4.90 Å². The van der Waals surface area contributed by atoms with E-state index in [1.807, 2.05) is 19.1 Å². The van der Waals surface area contributed by atoms with Crippen molar-refractivity contribution in [1.29, 1.82) is 0 Å². The molecular weight excluding hydrogens is 264 g/mol. The molecule has 114 valence electrons. The highest BCUT2D eigenvalue weighted by molar-refractivity contribution is 5.92. The number of esters is 1. The molecule has 4 nitrogen and oxygen atoms in total. The fourth-order valence-electron chi connectivity index (χ4n) is 3.87. The van der Waals surface area contributed by atoms with Crippen LogP contribution >= 0.6 is 0 Å². The first-order chi connectivity index (χ1) is 10.1. The van der Waals surface area contributed by atoms with Crippen molar-refractivity contribution >= 4 is 11.7 Å². The van der Waals surface area contributed by atoms with Crippen LogP contribution in [0.15, 0.2) is 18.2 Å². The third-order valence-electron chi connectivity index (χ3n) is 5.20. The van der Waals surface area contributed by atoms with Gasteiger partial charge in [0.25, 0.3) is 0 Å². The average molecular weight is 288 g/mol. The molecule has 2 saturated heterocycles. The van der Waals surface area contributed by atoms with Crippen molar-refractivity contribution in [3.63, 3.8) is 0 Å². The van der Waals surface area contributed by atoms with E-state index in [2.05, 4.69) is 23.3 Å². The maximum Gasteiger partial charge on any atom is 0.338 e. The number of anilines is 1. The number of ether oxygens (including phenoxy) is 1. The summed E-state index contributed by atoms with van der Waals surface area (Å²) in [6, 6.07) is 7.73. The maximum absolute atomic E-state index is 11.8. The maximum atomic E-state index is 11.8. The van der Waals surface area contributed by atoms with Crippen molar-refractivity contribution in [3.8, 4) is 0 Å². The molecule has 4 heteroatoms. The summed E-state index contributed by atoms with van der Waals surface area (Å²) in [4.78, 5) is 14.3. The molecule has 0 aromatic heterocycles. The molecule has 2 unspecified atom stereocenters. The van der Waals surface area contributed by atoms with Gasteiger partial charge < -0.3 is 15.0 Å². The second-order valence-corrected chi connectivity index (χ2v) is 6.33. The first kappa shape index (κ1) is 14.4. The lowest BCUT2D eigenvalue weighted by Gasteiger charge is -2.37. The normalized spacial score (nSPS) is 28.4. The molecule has 2 fully saturated rings. The van der Waals surface area contributed by atoms with Gasteiger partial charge in [-0.25, -0.2) is 4.79 Å². The van der Waals surface area contributed by atoms with Gasteiger partial charge in [-0.1, -0.05) is 6.07 Å². The van der Waals surface area contributed by atoms with E-state index in [9.17, 15) is 4.79 Å². The highest BCUT2D eigenvalue weighted by atomic mass is 16.5. The Hall–Kier alpha value is -1.55. The highest BCUT2D eigenvalue weighted by Crippen LogP contribution is 2.35. The fraction of sp³-hybridized carbons (Fsp3) is 0.588. The lowest BCUT2D eigenvalue weighted by atomic mass is 9.97. The molecule has 1 aromatic rings. The summed E-state index contributed by atoms with van der Waals surface area (Å²) in [7, 11) is 3.68. The molecule has 0 radical (unpaired) electrons. The summed E-state index contributed by atoms with van der Waals surface area (Å²) >= 11 is 0. The highest BCUT2D eigenvalue weighted by Gasteiger charge is 2.38. The molecular formula is C17H24N2O2. The number of nitrogens with zero attached hydrogens (tertiary/aromatic N) is 1. The zero-order chi connectivity index (χ0) is 15.0. The van der Waals surface area contributed by atoms with E-state index in [1.54, 1.807) is 0 Å². The SMILES string of the molecule is COC(=O)c1cccc(NC2CC3CCC(C2)N3C)c1C. The van der Waals surface area contributed by atoms with Crippen molar-refractivity contribution in [2.75, 3.05) is 19.5 Å². The predicted octanol–water partition coefficient (Wildman–Crippen LogP) is 2.82. The second-order valence-electron chi connectivity index (χ2n) is 6.33. The van der Waals surface area contributed by atoms with Gasteiger partial charge in [0.15, 0.2) is 0 Å². The Bertz CT molecular complexity index is 530. The van der Waals surface area contributed by atoms with E-state index in [1.165, 1.54) is 32.8 Å². The lowest BCUT2D eigenvalue weighted by Crippen LogP contribution is -2.44. The zero-order valence-electron chi connectivity index (χ0n) is 13.1. The quantitative estimate of drug-likeness (QED) is 0.868. The van der Waals surface area contributed by atoms with Crippen LogP contribution in [-0.4, -0.2) is 43.2 Å². The summed E-state index contributed by atoms with van der Waals surface area (Å²) in [5, 5.41) is 3.66. The number of carbonyl (C=O) groups is 1. The van der Waals surface area contributed by atoms with E-state index >= 15 is 0 Å². The van der Waals surface area contributed by atoms with Crippen LogP contribution in [0, 0.1) is 6.92 Å². The van der Waals surface area contributed by atoms with Crippen molar-refractivity contribution in [2.24, 2.45) is 0 Å². The number of hydrogen-bond acceptors (Lipinski definition) is 4. The van der Waals surface area contributed by atoms with Gasteiger partial charge in [-0.05, 0) is 57.4 Å². The molecule has 1 N–H and O–H groups in total. The molecule has 0 amide bonds. The Labute approximate surface area is 126 Å². The average Bonchev–Trinajstić information content (AvgIpc) is 2.71. The summed E-state index contributed by atoms with van der Waals surface area (Å²) in [6.07, 6.45) is 5.02. The van der Waals surface area contributed by atoms with Crippen LogP contribution < -0.4 is 5.32 Å². The number of methoxy groups -OCH3 is 1. The Morgan fingerprint density at radius 3 is 2.57 bits per heavy atom. The monoisotopic (exact) mass is 288 g/mol.